The van der Waals surface area contributed by atoms with Gasteiger partial charge in [-0.2, -0.15) is 0 Å². The van der Waals surface area contributed by atoms with E-state index >= 15 is 0 Å². The van der Waals surface area contributed by atoms with E-state index in [0.717, 1.165) is 32.8 Å². The largest absolute Gasteiger partial charge is 0.380 e. The van der Waals surface area contributed by atoms with Crippen LogP contribution in [0.1, 0.15) is 14.8 Å². The van der Waals surface area contributed by atoms with Crippen molar-refractivity contribution in [1.29, 1.82) is 0 Å². The summed E-state index contributed by atoms with van der Waals surface area (Å²) in [7, 11) is 4.12. The highest BCUT2D eigenvalue weighted by atomic mass is 16.5. The first kappa shape index (κ1) is 11.9. The second-order valence-corrected chi connectivity index (χ2v) is 2.96. The molecule has 0 aliphatic heterocycles. The molecule has 0 aliphatic rings. The van der Waals surface area contributed by atoms with Gasteiger partial charge in [0.05, 0.1) is 6.61 Å². The molecule has 0 aromatic heterocycles. The first-order valence-electron chi connectivity index (χ1n) is 4.72. The van der Waals surface area contributed by atoms with Gasteiger partial charge in [-0.05, 0) is 40.5 Å². The number of hydrogen-bond acceptors (Lipinski definition) is 3. The quantitative estimate of drug-likeness (QED) is 0.554. The number of rotatable bonds is 8. The van der Waals surface area contributed by atoms with Gasteiger partial charge in [0.1, 0.15) is 0 Å². The lowest BCUT2D eigenvalue weighted by molar-refractivity contribution is 0.122. The van der Waals surface area contributed by atoms with Crippen LogP contribution >= 0.6 is 0 Å². The first-order chi connectivity index (χ1) is 5.81. The topological polar surface area (TPSA) is 24.5 Å². The summed E-state index contributed by atoms with van der Waals surface area (Å²) in [6, 6.07) is 0. The first-order valence-corrected chi connectivity index (χ1v) is 4.72. The summed E-state index contributed by atoms with van der Waals surface area (Å²) in [5.74, 6) is 0. The van der Waals surface area contributed by atoms with E-state index in [1.165, 1.54) is 6.42 Å². The minimum atomic E-state index is 0. The Morgan fingerprint density at radius 2 is 2.17 bits per heavy atom. The van der Waals surface area contributed by atoms with Gasteiger partial charge in [-0.1, -0.05) is 0 Å². The van der Waals surface area contributed by atoms with Crippen LogP contribution in [0.25, 0.3) is 0 Å². The van der Waals surface area contributed by atoms with Crippen LogP contribution in [0.4, 0.5) is 0 Å². The lowest BCUT2D eigenvalue weighted by Crippen LogP contribution is -2.26. The van der Waals surface area contributed by atoms with E-state index in [4.69, 9.17) is 4.74 Å². The Kier molecular flexibility index (Phi) is 8.88. The van der Waals surface area contributed by atoms with Gasteiger partial charge < -0.3 is 15.0 Å². The van der Waals surface area contributed by atoms with Crippen molar-refractivity contribution in [3.8, 4) is 0 Å². The van der Waals surface area contributed by atoms with Crippen molar-refractivity contribution in [2.45, 2.75) is 13.3 Å². The van der Waals surface area contributed by atoms with Crippen LogP contribution in [0.2, 0.25) is 0 Å². The normalized spacial score (nSPS) is 11.0. The van der Waals surface area contributed by atoms with Gasteiger partial charge in [-0.3, -0.25) is 0 Å². The van der Waals surface area contributed by atoms with Crippen molar-refractivity contribution in [1.82, 2.24) is 10.2 Å². The highest BCUT2D eigenvalue weighted by Crippen LogP contribution is 1.86. The Morgan fingerprint density at radius 1 is 1.42 bits per heavy atom. The molecule has 0 spiro atoms. The molecule has 0 bridgehead atoms. The van der Waals surface area contributed by atoms with Crippen molar-refractivity contribution in [2.75, 3.05) is 46.9 Å². The van der Waals surface area contributed by atoms with E-state index in [0.29, 0.717) is 0 Å². The van der Waals surface area contributed by atoms with Crippen LogP contribution in [0, 0.1) is 0 Å². The third-order valence-corrected chi connectivity index (χ3v) is 1.79. The van der Waals surface area contributed by atoms with Crippen LogP contribution in [0.3, 0.4) is 0 Å². The fraction of sp³-hybridized carbons (Fsp3) is 1.00. The zero-order valence-electron chi connectivity index (χ0n) is 8.60. The van der Waals surface area contributed by atoms with E-state index in [1.807, 2.05) is 14.0 Å². The predicted molar refractivity (Wildman–Crippen MR) is 54.6 cm³/mol. The summed E-state index contributed by atoms with van der Waals surface area (Å²) in [5, 5.41) is 3.13. The second kappa shape index (κ2) is 8.97. The molecule has 3 nitrogen and oxygen atoms in total. The Bertz CT molecular complexity index is 83.7. The molecule has 0 atom stereocenters. The standard InChI is InChI=1S/C9H22N2O.H2/c1-4-12-9-8-11(3)7-5-6-10-2;/h10H,4-9H2,1-3H3;1H. The average molecular weight is 176 g/mol. The van der Waals surface area contributed by atoms with Crippen molar-refractivity contribution >= 4 is 0 Å². The molecule has 0 aromatic rings. The molecule has 0 rings (SSSR count). The zero-order valence-corrected chi connectivity index (χ0v) is 8.60. The highest BCUT2D eigenvalue weighted by Gasteiger charge is 1.96. The second-order valence-electron chi connectivity index (χ2n) is 2.96. The fourth-order valence-corrected chi connectivity index (χ4v) is 1.00. The summed E-state index contributed by atoms with van der Waals surface area (Å²) in [5.41, 5.74) is 0. The van der Waals surface area contributed by atoms with E-state index in [2.05, 4.69) is 17.3 Å². The Morgan fingerprint density at radius 3 is 2.75 bits per heavy atom. The van der Waals surface area contributed by atoms with Gasteiger partial charge in [0, 0.05) is 14.6 Å². The van der Waals surface area contributed by atoms with Crippen molar-refractivity contribution in [3.05, 3.63) is 0 Å². The minimum absolute atomic E-state index is 0. The third kappa shape index (κ3) is 7.98. The van der Waals surface area contributed by atoms with Gasteiger partial charge in [0.2, 0.25) is 0 Å². The van der Waals surface area contributed by atoms with Crippen LogP contribution in [0.5, 0.6) is 0 Å². The predicted octanol–water partition coefficient (Wildman–Crippen LogP) is 0.810. The maximum Gasteiger partial charge on any atom is 0.0593 e. The molecule has 0 amide bonds. The molecular weight excluding hydrogens is 152 g/mol. The monoisotopic (exact) mass is 176 g/mol. The molecule has 0 saturated carbocycles. The van der Waals surface area contributed by atoms with Crippen LogP contribution in [0.15, 0.2) is 0 Å². The van der Waals surface area contributed by atoms with E-state index in [-0.39, 0.29) is 1.43 Å². The number of hydrogen-bond donors (Lipinski definition) is 1. The zero-order chi connectivity index (χ0) is 9.23. The van der Waals surface area contributed by atoms with Crippen LogP contribution < -0.4 is 5.32 Å². The number of nitrogens with zero attached hydrogens (tertiary/aromatic N) is 1. The summed E-state index contributed by atoms with van der Waals surface area (Å²) in [6.45, 7) is 6.99. The smallest absolute Gasteiger partial charge is 0.0593 e. The summed E-state index contributed by atoms with van der Waals surface area (Å²) >= 11 is 0. The lowest BCUT2D eigenvalue weighted by atomic mass is 10.4. The highest BCUT2D eigenvalue weighted by molar-refractivity contribution is 4.51. The number of ether oxygens (including phenoxy) is 1. The molecular formula is C9H24N2O. The van der Waals surface area contributed by atoms with Gasteiger partial charge in [-0.15, -0.1) is 0 Å². The maximum atomic E-state index is 5.25. The summed E-state index contributed by atoms with van der Waals surface area (Å²) in [6.07, 6.45) is 1.21. The third-order valence-electron chi connectivity index (χ3n) is 1.79. The molecule has 0 heterocycles. The molecule has 0 fully saturated rings. The number of nitrogens with one attached hydrogen (secondary N) is 1. The SMILES string of the molecule is CCOCCN(C)CCCNC.[HH]. The van der Waals surface area contributed by atoms with E-state index in [9.17, 15) is 0 Å². The van der Waals surface area contributed by atoms with Crippen molar-refractivity contribution in [3.63, 3.8) is 0 Å². The molecule has 0 aromatic carbocycles. The molecule has 12 heavy (non-hydrogen) atoms. The average Bonchev–Trinajstić information content (AvgIpc) is 2.06. The van der Waals surface area contributed by atoms with Gasteiger partial charge in [0.25, 0.3) is 0 Å². The van der Waals surface area contributed by atoms with E-state index in [1.54, 1.807) is 0 Å². The molecule has 0 aliphatic carbocycles. The van der Waals surface area contributed by atoms with Crippen molar-refractivity contribution in [2.24, 2.45) is 0 Å². The lowest BCUT2D eigenvalue weighted by Gasteiger charge is -2.15. The molecule has 0 unspecified atom stereocenters. The molecule has 0 radical (unpaired) electrons. The number of likely N-dealkylation sites (N-methyl/N-ethyl adjacent to an activating group) is 1. The van der Waals surface area contributed by atoms with Crippen molar-refractivity contribution < 1.29 is 6.16 Å². The van der Waals surface area contributed by atoms with Gasteiger partial charge in [-0.25, -0.2) is 0 Å². The maximum absolute atomic E-state index is 5.25. The molecule has 0 saturated heterocycles. The van der Waals surface area contributed by atoms with Crippen LogP contribution in [-0.2, 0) is 4.74 Å². The molecule has 76 valence electrons. The minimum Gasteiger partial charge on any atom is -0.380 e. The Labute approximate surface area is 77.6 Å². The summed E-state index contributed by atoms with van der Waals surface area (Å²) < 4.78 is 5.25. The van der Waals surface area contributed by atoms with Gasteiger partial charge >= 0.3 is 0 Å². The van der Waals surface area contributed by atoms with E-state index < -0.39 is 0 Å². The molecule has 1 N–H and O–H groups in total. The Balaban J connectivity index is 0. The van der Waals surface area contributed by atoms with Crippen LogP contribution in [-0.4, -0.2) is 51.8 Å². The Hall–Kier alpha value is -0.120. The summed E-state index contributed by atoms with van der Waals surface area (Å²) in [4.78, 5) is 2.30. The van der Waals surface area contributed by atoms with Gasteiger partial charge in [0.15, 0.2) is 0 Å². The fourth-order valence-electron chi connectivity index (χ4n) is 1.00. The molecule has 3 heteroatoms.